The van der Waals surface area contributed by atoms with Crippen LogP contribution < -0.4 is 5.32 Å². The van der Waals surface area contributed by atoms with Crippen molar-refractivity contribution in [2.75, 3.05) is 6.54 Å². The molecule has 0 aromatic heterocycles. The van der Waals surface area contributed by atoms with Gasteiger partial charge in [0.25, 0.3) is 0 Å². The van der Waals surface area contributed by atoms with Crippen molar-refractivity contribution in [1.29, 1.82) is 0 Å². The number of nitrogens with one attached hydrogen (secondary N) is 1. The smallest absolute Gasteiger partial charge is 0.222 e. The van der Waals surface area contributed by atoms with Gasteiger partial charge in [0.15, 0.2) is 0 Å². The number of hydrogen-bond acceptors (Lipinski definition) is 1. The van der Waals surface area contributed by atoms with Crippen molar-refractivity contribution >= 4 is 5.91 Å². The maximum Gasteiger partial charge on any atom is 0.222 e. The van der Waals surface area contributed by atoms with Crippen molar-refractivity contribution in [2.24, 2.45) is 11.8 Å². The first-order valence-corrected chi connectivity index (χ1v) is 7.89. The Bertz CT molecular complexity index is 203. The summed E-state index contributed by atoms with van der Waals surface area (Å²) in [7, 11) is 0. The van der Waals surface area contributed by atoms with Crippen molar-refractivity contribution in [3.05, 3.63) is 0 Å². The fourth-order valence-corrected chi connectivity index (χ4v) is 2.45. The molecule has 0 saturated heterocycles. The van der Waals surface area contributed by atoms with E-state index in [-0.39, 0.29) is 11.8 Å². The molecule has 0 aromatic rings. The summed E-state index contributed by atoms with van der Waals surface area (Å²) in [6, 6.07) is 0. The van der Waals surface area contributed by atoms with Gasteiger partial charge in [-0.3, -0.25) is 4.79 Å². The summed E-state index contributed by atoms with van der Waals surface area (Å²) in [4.78, 5) is 11.6. The average Bonchev–Trinajstić information content (AvgIpc) is 2.33. The summed E-state index contributed by atoms with van der Waals surface area (Å²) >= 11 is 0. The molecule has 1 N–H and O–H groups in total. The van der Waals surface area contributed by atoms with Gasteiger partial charge in [-0.25, -0.2) is 0 Å². The minimum Gasteiger partial charge on any atom is -0.356 e. The molecule has 0 spiro atoms. The number of rotatable bonds is 11. The first-order valence-electron chi connectivity index (χ1n) is 7.89. The van der Waals surface area contributed by atoms with Gasteiger partial charge in [0.2, 0.25) is 5.91 Å². The molecule has 0 aliphatic carbocycles. The van der Waals surface area contributed by atoms with E-state index in [1.807, 2.05) is 13.8 Å². The van der Waals surface area contributed by atoms with Crippen LogP contribution in [0.1, 0.15) is 79.1 Å². The highest BCUT2D eigenvalue weighted by Crippen LogP contribution is 2.19. The van der Waals surface area contributed by atoms with E-state index in [0.29, 0.717) is 5.92 Å². The molecule has 2 atom stereocenters. The minimum atomic E-state index is 0.167. The third-order valence-corrected chi connectivity index (χ3v) is 3.60. The summed E-state index contributed by atoms with van der Waals surface area (Å²) in [5.41, 5.74) is 0. The summed E-state index contributed by atoms with van der Waals surface area (Å²) in [5.74, 6) is 1.06. The molecule has 0 aliphatic heterocycles. The lowest BCUT2D eigenvalue weighted by atomic mass is 9.92. The molecule has 108 valence electrons. The molecule has 0 aromatic carbocycles. The second-order valence-electron chi connectivity index (χ2n) is 5.69. The Morgan fingerprint density at radius 2 is 1.61 bits per heavy atom. The Morgan fingerprint density at radius 1 is 1.00 bits per heavy atom. The molecule has 0 heterocycles. The van der Waals surface area contributed by atoms with Gasteiger partial charge in [-0.1, -0.05) is 65.7 Å². The molecular formula is C16H33NO. The van der Waals surface area contributed by atoms with Gasteiger partial charge in [0.05, 0.1) is 0 Å². The van der Waals surface area contributed by atoms with Crippen LogP contribution in [0.15, 0.2) is 0 Å². The predicted octanol–water partition coefficient (Wildman–Crippen LogP) is 4.54. The molecular weight excluding hydrogens is 222 g/mol. The number of carbonyl (C=O) groups excluding carboxylic acids is 1. The number of hydrogen-bond donors (Lipinski definition) is 1. The predicted molar refractivity (Wildman–Crippen MR) is 79.6 cm³/mol. The zero-order chi connectivity index (χ0) is 13.8. The first kappa shape index (κ1) is 17.5. The zero-order valence-corrected chi connectivity index (χ0v) is 12.9. The first-order chi connectivity index (χ1) is 8.61. The zero-order valence-electron chi connectivity index (χ0n) is 12.9. The van der Waals surface area contributed by atoms with Gasteiger partial charge >= 0.3 is 0 Å². The normalized spacial score (nSPS) is 14.2. The monoisotopic (exact) mass is 255 g/mol. The molecule has 0 saturated carbocycles. The molecule has 0 fully saturated rings. The maximum atomic E-state index is 11.6. The second-order valence-corrected chi connectivity index (χ2v) is 5.69. The van der Waals surface area contributed by atoms with E-state index in [1.54, 1.807) is 0 Å². The standard InChI is InChI=1S/C16H33NO/c1-5-7-8-9-10-11-12-14(3)13-15(4)16(18)17-6-2/h14-15H,5-13H2,1-4H3,(H,17,18)/t14-,15-/m0/s1. The van der Waals surface area contributed by atoms with E-state index in [9.17, 15) is 4.79 Å². The van der Waals surface area contributed by atoms with Crippen LogP contribution in [0, 0.1) is 11.8 Å². The van der Waals surface area contributed by atoms with E-state index in [0.717, 1.165) is 13.0 Å². The quantitative estimate of drug-likeness (QED) is 0.540. The minimum absolute atomic E-state index is 0.167. The Hall–Kier alpha value is -0.530. The molecule has 0 bridgehead atoms. The lowest BCUT2D eigenvalue weighted by Gasteiger charge is -2.16. The van der Waals surface area contributed by atoms with Crippen molar-refractivity contribution in [2.45, 2.75) is 79.1 Å². The molecule has 0 rings (SSSR count). The van der Waals surface area contributed by atoms with Crippen LogP contribution in [0.4, 0.5) is 0 Å². The van der Waals surface area contributed by atoms with E-state index in [1.165, 1.54) is 44.9 Å². The van der Waals surface area contributed by atoms with E-state index in [4.69, 9.17) is 0 Å². The van der Waals surface area contributed by atoms with E-state index in [2.05, 4.69) is 19.2 Å². The highest BCUT2D eigenvalue weighted by Gasteiger charge is 2.15. The lowest BCUT2D eigenvalue weighted by Crippen LogP contribution is -2.29. The van der Waals surface area contributed by atoms with Gasteiger partial charge in [-0.2, -0.15) is 0 Å². The second kappa shape index (κ2) is 11.6. The molecule has 0 aliphatic rings. The molecule has 2 nitrogen and oxygen atoms in total. The van der Waals surface area contributed by atoms with Gasteiger partial charge in [-0.05, 0) is 19.3 Å². The van der Waals surface area contributed by atoms with Gasteiger partial charge in [0.1, 0.15) is 0 Å². The Balaban J connectivity index is 3.52. The van der Waals surface area contributed by atoms with Crippen molar-refractivity contribution in [3.8, 4) is 0 Å². The average molecular weight is 255 g/mol. The van der Waals surface area contributed by atoms with Gasteiger partial charge in [-0.15, -0.1) is 0 Å². The Morgan fingerprint density at radius 3 is 2.22 bits per heavy atom. The summed E-state index contributed by atoms with van der Waals surface area (Å²) in [5, 5.41) is 2.90. The molecule has 18 heavy (non-hydrogen) atoms. The highest BCUT2D eigenvalue weighted by molar-refractivity contribution is 5.78. The van der Waals surface area contributed by atoms with Crippen LogP contribution >= 0.6 is 0 Å². The number of carbonyl (C=O) groups is 1. The number of unbranched alkanes of at least 4 members (excludes halogenated alkanes) is 5. The van der Waals surface area contributed by atoms with E-state index < -0.39 is 0 Å². The largest absolute Gasteiger partial charge is 0.356 e. The molecule has 0 radical (unpaired) electrons. The summed E-state index contributed by atoms with van der Waals surface area (Å²) in [6.45, 7) is 9.30. The highest BCUT2D eigenvalue weighted by atomic mass is 16.1. The van der Waals surface area contributed by atoms with Crippen LogP contribution in [0.2, 0.25) is 0 Å². The van der Waals surface area contributed by atoms with Gasteiger partial charge in [0, 0.05) is 12.5 Å². The number of amides is 1. The van der Waals surface area contributed by atoms with Crippen molar-refractivity contribution in [3.63, 3.8) is 0 Å². The van der Waals surface area contributed by atoms with Crippen LogP contribution in [-0.4, -0.2) is 12.5 Å². The molecule has 1 amide bonds. The Kier molecular flexibility index (Phi) is 11.2. The van der Waals surface area contributed by atoms with Crippen LogP contribution in [0.5, 0.6) is 0 Å². The van der Waals surface area contributed by atoms with Crippen LogP contribution in [-0.2, 0) is 4.79 Å². The third-order valence-electron chi connectivity index (χ3n) is 3.60. The Labute approximate surface area is 114 Å². The van der Waals surface area contributed by atoms with Crippen molar-refractivity contribution < 1.29 is 4.79 Å². The summed E-state index contributed by atoms with van der Waals surface area (Å²) < 4.78 is 0. The molecule has 2 heteroatoms. The molecule has 0 unspecified atom stereocenters. The van der Waals surface area contributed by atoms with Crippen molar-refractivity contribution in [1.82, 2.24) is 5.32 Å². The van der Waals surface area contributed by atoms with Crippen LogP contribution in [0.25, 0.3) is 0 Å². The fraction of sp³-hybridized carbons (Fsp3) is 0.938. The fourth-order valence-electron chi connectivity index (χ4n) is 2.45. The van der Waals surface area contributed by atoms with Gasteiger partial charge < -0.3 is 5.32 Å². The SMILES string of the molecule is CCCCCCCC[C@H](C)C[C@H](C)C(=O)NCC. The van der Waals surface area contributed by atoms with E-state index >= 15 is 0 Å². The lowest BCUT2D eigenvalue weighted by molar-refractivity contribution is -0.124. The topological polar surface area (TPSA) is 29.1 Å². The summed E-state index contributed by atoms with van der Waals surface area (Å²) in [6.07, 6.45) is 10.5. The third kappa shape index (κ3) is 9.49. The van der Waals surface area contributed by atoms with Crippen LogP contribution in [0.3, 0.4) is 0 Å². The maximum absolute atomic E-state index is 11.6.